The average Bonchev–Trinajstić information content (AvgIpc) is 2.92. The van der Waals surface area contributed by atoms with Gasteiger partial charge in [0.25, 0.3) is 0 Å². The van der Waals surface area contributed by atoms with Crippen LogP contribution in [0.4, 0.5) is 23.7 Å². The van der Waals surface area contributed by atoms with Crippen molar-refractivity contribution in [2.45, 2.75) is 63.8 Å². The molecule has 2 aromatic carbocycles. The highest BCUT2D eigenvalue weighted by atomic mass is 19.4. The van der Waals surface area contributed by atoms with Crippen LogP contribution in [0.15, 0.2) is 30.3 Å². The van der Waals surface area contributed by atoms with Gasteiger partial charge < -0.3 is 19.6 Å². The number of carboxylic acid groups (broad SMARTS) is 1. The van der Waals surface area contributed by atoms with Gasteiger partial charge in [-0.15, -0.1) is 0 Å². The molecule has 1 fully saturated rings. The number of amides is 1. The van der Waals surface area contributed by atoms with Crippen molar-refractivity contribution in [1.82, 2.24) is 4.90 Å². The first-order chi connectivity index (χ1) is 16.1. The lowest BCUT2D eigenvalue weighted by Crippen LogP contribution is -2.48. The van der Waals surface area contributed by atoms with E-state index < -0.39 is 17.8 Å². The maximum absolute atomic E-state index is 14.1. The van der Waals surface area contributed by atoms with Gasteiger partial charge in [-0.25, -0.2) is 4.79 Å². The second-order valence-corrected chi connectivity index (χ2v) is 9.79. The Hall–Kier alpha value is -2.90. The van der Waals surface area contributed by atoms with Gasteiger partial charge in [0.1, 0.15) is 5.75 Å². The van der Waals surface area contributed by atoms with Crippen LogP contribution in [0.25, 0.3) is 11.1 Å². The molecule has 2 atom stereocenters. The van der Waals surface area contributed by atoms with Crippen molar-refractivity contribution in [2.75, 3.05) is 24.5 Å². The summed E-state index contributed by atoms with van der Waals surface area (Å²) in [5.41, 5.74) is 3.13. The summed E-state index contributed by atoms with van der Waals surface area (Å²) in [5, 5.41) is 9.56. The first-order valence-electron chi connectivity index (χ1n) is 11.9. The number of hydrogen-bond acceptors (Lipinski definition) is 3. The summed E-state index contributed by atoms with van der Waals surface area (Å²) in [6.07, 6.45) is -2.16. The Balaban J connectivity index is 1.64. The van der Waals surface area contributed by atoms with E-state index in [1.165, 1.54) is 11.0 Å². The fourth-order valence-electron chi connectivity index (χ4n) is 5.89. The van der Waals surface area contributed by atoms with Gasteiger partial charge in [0, 0.05) is 37.3 Å². The van der Waals surface area contributed by atoms with Gasteiger partial charge in [0.2, 0.25) is 0 Å². The van der Waals surface area contributed by atoms with Crippen molar-refractivity contribution in [3.05, 3.63) is 47.0 Å². The zero-order chi connectivity index (χ0) is 24.2. The number of piperidine rings is 1. The van der Waals surface area contributed by atoms with Gasteiger partial charge in [-0.05, 0) is 86.1 Å². The molecule has 182 valence electrons. The molecule has 34 heavy (non-hydrogen) atoms. The van der Waals surface area contributed by atoms with Crippen LogP contribution in [0.5, 0.6) is 5.75 Å². The number of nitrogens with zero attached hydrogens (tertiary/aromatic N) is 2. The minimum absolute atomic E-state index is 0.0328. The Morgan fingerprint density at radius 1 is 1.15 bits per heavy atom. The predicted octanol–water partition coefficient (Wildman–Crippen LogP) is 6.15. The molecule has 1 amide bonds. The van der Waals surface area contributed by atoms with Crippen molar-refractivity contribution in [3.63, 3.8) is 0 Å². The number of ether oxygens (including phenoxy) is 1. The van der Waals surface area contributed by atoms with E-state index in [0.717, 1.165) is 55.1 Å². The number of hydrogen-bond donors (Lipinski definition) is 1. The van der Waals surface area contributed by atoms with Gasteiger partial charge in [0.05, 0.1) is 11.7 Å². The molecule has 3 heterocycles. The van der Waals surface area contributed by atoms with Gasteiger partial charge in [-0.1, -0.05) is 6.07 Å². The van der Waals surface area contributed by atoms with E-state index in [2.05, 4.69) is 4.90 Å². The lowest BCUT2D eigenvalue weighted by molar-refractivity contribution is -0.137. The van der Waals surface area contributed by atoms with Crippen LogP contribution >= 0.6 is 0 Å². The smallest absolute Gasteiger partial charge is 0.417 e. The highest BCUT2D eigenvalue weighted by molar-refractivity contribution is 5.78. The molecule has 2 aromatic rings. The lowest BCUT2D eigenvalue weighted by atomic mass is 9.85. The van der Waals surface area contributed by atoms with Crippen LogP contribution in [0, 0.1) is 0 Å². The summed E-state index contributed by atoms with van der Waals surface area (Å²) in [6, 6.07) is 8.17. The Bertz CT molecular complexity index is 1120. The summed E-state index contributed by atoms with van der Waals surface area (Å²) in [4.78, 5) is 15.5. The SMILES string of the molecule is CC(C)Oc1ccc(-c2cc3c4c(c2)[C@@H]2CN(C(=O)O)CC[C@@H]2N4CCCC3)c(C(F)(F)F)c1. The number of benzene rings is 2. The van der Waals surface area contributed by atoms with Crippen molar-refractivity contribution in [2.24, 2.45) is 0 Å². The van der Waals surface area contributed by atoms with E-state index in [1.54, 1.807) is 19.9 Å². The van der Waals surface area contributed by atoms with Gasteiger partial charge in [0.15, 0.2) is 0 Å². The molecule has 1 saturated heterocycles. The largest absolute Gasteiger partial charge is 0.491 e. The molecule has 3 aliphatic rings. The molecule has 5 rings (SSSR count). The third kappa shape index (κ3) is 3.97. The van der Waals surface area contributed by atoms with Crippen LogP contribution in [-0.2, 0) is 12.6 Å². The maximum atomic E-state index is 14.1. The third-order valence-electron chi connectivity index (χ3n) is 7.23. The van der Waals surface area contributed by atoms with Crippen LogP contribution in [0.2, 0.25) is 0 Å². The molecule has 3 aliphatic heterocycles. The first-order valence-corrected chi connectivity index (χ1v) is 11.9. The molecule has 0 bridgehead atoms. The molecular formula is C26H29F3N2O3. The minimum atomic E-state index is -4.53. The van der Waals surface area contributed by atoms with E-state index in [4.69, 9.17) is 4.74 Å². The van der Waals surface area contributed by atoms with E-state index >= 15 is 0 Å². The number of carbonyl (C=O) groups is 1. The topological polar surface area (TPSA) is 53.0 Å². The van der Waals surface area contributed by atoms with E-state index in [0.29, 0.717) is 18.7 Å². The van der Waals surface area contributed by atoms with E-state index in [1.807, 2.05) is 12.1 Å². The Morgan fingerprint density at radius 3 is 2.65 bits per heavy atom. The fraction of sp³-hybridized carbons (Fsp3) is 0.500. The normalized spacial score (nSPS) is 21.8. The number of aryl methyl sites for hydroxylation is 1. The average molecular weight is 475 g/mol. The second-order valence-electron chi connectivity index (χ2n) is 9.79. The van der Waals surface area contributed by atoms with Crippen molar-refractivity contribution < 1.29 is 27.8 Å². The Labute approximate surface area is 197 Å². The summed E-state index contributed by atoms with van der Waals surface area (Å²) >= 11 is 0. The fourth-order valence-corrected chi connectivity index (χ4v) is 5.89. The summed E-state index contributed by atoms with van der Waals surface area (Å²) in [6.45, 7) is 5.32. The second kappa shape index (κ2) is 8.40. The highest BCUT2D eigenvalue weighted by Crippen LogP contribution is 2.50. The maximum Gasteiger partial charge on any atom is 0.417 e. The molecule has 8 heteroatoms. The van der Waals surface area contributed by atoms with Crippen LogP contribution < -0.4 is 9.64 Å². The number of rotatable bonds is 3. The number of alkyl halides is 3. The Morgan fingerprint density at radius 2 is 1.94 bits per heavy atom. The Kier molecular flexibility index (Phi) is 5.65. The zero-order valence-corrected chi connectivity index (χ0v) is 19.4. The molecule has 0 unspecified atom stereocenters. The highest BCUT2D eigenvalue weighted by Gasteiger charge is 2.45. The van der Waals surface area contributed by atoms with Gasteiger partial charge >= 0.3 is 12.3 Å². The van der Waals surface area contributed by atoms with Crippen molar-refractivity contribution in [3.8, 4) is 16.9 Å². The van der Waals surface area contributed by atoms with Gasteiger partial charge in [-0.2, -0.15) is 13.2 Å². The van der Waals surface area contributed by atoms with Gasteiger partial charge in [-0.3, -0.25) is 0 Å². The minimum Gasteiger partial charge on any atom is -0.491 e. The molecule has 0 aliphatic carbocycles. The monoisotopic (exact) mass is 474 g/mol. The third-order valence-corrected chi connectivity index (χ3v) is 7.23. The van der Waals surface area contributed by atoms with Crippen molar-refractivity contribution in [1.29, 1.82) is 0 Å². The standard InChI is InChI=1S/C26H29F3N2O3/c1-15(2)34-18-6-7-19(22(13-18)26(27,28)29)17-11-16-5-3-4-9-31-23-8-10-30(25(32)33)14-21(23)20(12-17)24(16)31/h6-7,11-13,15,21,23H,3-5,8-10,14H2,1-2H3,(H,32,33)/t21-,23-/m0/s1. The van der Waals surface area contributed by atoms with Crippen LogP contribution in [0.3, 0.4) is 0 Å². The first kappa shape index (κ1) is 22.9. The summed E-state index contributed by atoms with van der Waals surface area (Å²) in [7, 11) is 0. The number of anilines is 1. The molecule has 0 saturated carbocycles. The molecular weight excluding hydrogens is 445 g/mol. The molecule has 0 radical (unpaired) electrons. The summed E-state index contributed by atoms with van der Waals surface area (Å²) in [5.74, 6) is 0.163. The molecule has 0 spiro atoms. The molecule has 0 aromatic heterocycles. The molecule has 1 N–H and O–H groups in total. The quantitative estimate of drug-likeness (QED) is 0.580. The van der Waals surface area contributed by atoms with E-state index in [-0.39, 0.29) is 29.4 Å². The summed E-state index contributed by atoms with van der Waals surface area (Å²) < 4.78 is 47.9. The number of likely N-dealkylation sites (tertiary alicyclic amines) is 1. The van der Waals surface area contributed by atoms with E-state index in [9.17, 15) is 23.1 Å². The number of fused-ring (bicyclic) bond motifs is 3. The van der Waals surface area contributed by atoms with Crippen LogP contribution in [0.1, 0.15) is 55.7 Å². The predicted molar refractivity (Wildman–Crippen MR) is 124 cm³/mol. The van der Waals surface area contributed by atoms with Crippen molar-refractivity contribution >= 4 is 11.8 Å². The van der Waals surface area contributed by atoms with Crippen LogP contribution in [-0.4, -0.2) is 47.9 Å². The molecule has 5 nitrogen and oxygen atoms in total. The zero-order valence-electron chi connectivity index (χ0n) is 19.4. The number of halogens is 3. The lowest BCUT2D eigenvalue weighted by Gasteiger charge is -2.37.